The van der Waals surface area contributed by atoms with E-state index in [9.17, 15) is 4.79 Å². The topological polar surface area (TPSA) is 52.3 Å². The Morgan fingerprint density at radius 3 is 2.64 bits per heavy atom. The zero-order valence-corrected chi connectivity index (χ0v) is 8.70. The van der Waals surface area contributed by atoms with Gasteiger partial charge in [-0.25, -0.2) is 4.79 Å². The number of nitrogens with two attached hydrogens (primary N) is 1. The molecule has 3 heteroatoms. The van der Waals surface area contributed by atoms with E-state index >= 15 is 0 Å². The largest absolute Gasteiger partial charge is 0.425 e. The van der Waals surface area contributed by atoms with Crippen LogP contribution in [0.15, 0.2) is 18.2 Å². The van der Waals surface area contributed by atoms with Crippen molar-refractivity contribution in [2.24, 2.45) is 5.73 Å². The van der Waals surface area contributed by atoms with Gasteiger partial charge in [0.05, 0.1) is 0 Å². The van der Waals surface area contributed by atoms with Gasteiger partial charge < -0.3 is 10.5 Å². The Hall–Kier alpha value is -1.35. The maximum absolute atomic E-state index is 11.2. The Kier molecular flexibility index (Phi) is 3.25. The summed E-state index contributed by atoms with van der Waals surface area (Å²) >= 11 is 0. The highest BCUT2D eigenvalue weighted by Crippen LogP contribution is 2.20. The number of hydrogen-bond acceptors (Lipinski definition) is 3. The Morgan fingerprint density at radius 2 is 2.07 bits per heavy atom. The molecule has 0 aliphatic carbocycles. The average Bonchev–Trinajstić information content (AvgIpc) is 2.12. The number of carbonyl (C=O) groups excluding carboxylic acids is 1. The molecule has 0 heterocycles. The first kappa shape index (κ1) is 10.7. The van der Waals surface area contributed by atoms with Gasteiger partial charge in [0, 0.05) is 0 Å². The van der Waals surface area contributed by atoms with Gasteiger partial charge in [-0.05, 0) is 38.0 Å². The molecule has 0 spiro atoms. The second kappa shape index (κ2) is 4.24. The van der Waals surface area contributed by atoms with Crippen molar-refractivity contribution in [1.82, 2.24) is 0 Å². The van der Waals surface area contributed by atoms with E-state index in [1.165, 1.54) is 0 Å². The molecule has 0 aliphatic rings. The third kappa shape index (κ3) is 2.33. The number of rotatable bonds is 2. The van der Waals surface area contributed by atoms with Crippen LogP contribution in [-0.2, 0) is 4.79 Å². The molecule has 1 atom stereocenters. The van der Waals surface area contributed by atoms with Crippen LogP contribution in [0, 0.1) is 13.8 Å². The van der Waals surface area contributed by atoms with Gasteiger partial charge in [-0.3, -0.25) is 0 Å². The lowest BCUT2D eigenvalue weighted by molar-refractivity contribution is -0.135. The fraction of sp³-hybridized carbons (Fsp3) is 0.364. The second-order valence-corrected chi connectivity index (χ2v) is 3.41. The lowest BCUT2D eigenvalue weighted by atomic mass is 10.1. The number of aryl methyl sites for hydroxylation is 1. The van der Waals surface area contributed by atoms with Crippen molar-refractivity contribution in [3.63, 3.8) is 0 Å². The van der Waals surface area contributed by atoms with Crippen LogP contribution in [0.3, 0.4) is 0 Å². The highest BCUT2D eigenvalue weighted by molar-refractivity contribution is 5.77. The molecule has 2 N–H and O–H groups in total. The summed E-state index contributed by atoms with van der Waals surface area (Å²) < 4.78 is 5.12. The van der Waals surface area contributed by atoms with Crippen LogP contribution >= 0.6 is 0 Å². The predicted octanol–water partition coefficient (Wildman–Crippen LogP) is 1.56. The molecule has 0 amide bonds. The van der Waals surface area contributed by atoms with Gasteiger partial charge in [0.25, 0.3) is 0 Å². The zero-order valence-electron chi connectivity index (χ0n) is 8.70. The molecule has 0 aromatic heterocycles. The summed E-state index contributed by atoms with van der Waals surface area (Å²) in [4.78, 5) is 11.2. The van der Waals surface area contributed by atoms with Gasteiger partial charge in [-0.2, -0.15) is 0 Å². The normalized spacial score (nSPS) is 12.3. The Morgan fingerprint density at radius 1 is 1.43 bits per heavy atom. The van der Waals surface area contributed by atoms with E-state index in [4.69, 9.17) is 10.5 Å². The predicted molar refractivity (Wildman–Crippen MR) is 55.2 cm³/mol. The first-order valence-electron chi connectivity index (χ1n) is 4.56. The number of carbonyl (C=O) groups is 1. The molecule has 0 saturated heterocycles. The summed E-state index contributed by atoms with van der Waals surface area (Å²) in [5.74, 6) is 0.186. The van der Waals surface area contributed by atoms with Crippen molar-refractivity contribution in [3.8, 4) is 5.75 Å². The van der Waals surface area contributed by atoms with Crippen molar-refractivity contribution in [3.05, 3.63) is 29.3 Å². The van der Waals surface area contributed by atoms with E-state index in [0.29, 0.717) is 5.75 Å². The van der Waals surface area contributed by atoms with E-state index < -0.39 is 12.0 Å². The molecule has 0 fully saturated rings. The molecule has 3 nitrogen and oxygen atoms in total. The molecular weight excluding hydrogens is 178 g/mol. The first-order chi connectivity index (χ1) is 6.52. The summed E-state index contributed by atoms with van der Waals surface area (Å²) in [5.41, 5.74) is 7.47. The quantitative estimate of drug-likeness (QED) is 0.572. The van der Waals surface area contributed by atoms with E-state index in [2.05, 4.69) is 0 Å². The van der Waals surface area contributed by atoms with Crippen LogP contribution in [0.2, 0.25) is 0 Å². The SMILES string of the molecule is Cc1cccc(OC(=O)C(C)N)c1C. The van der Waals surface area contributed by atoms with E-state index in [-0.39, 0.29) is 0 Å². The maximum atomic E-state index is 11.2. The van der Waals surface area contributed by atoms with Crippen molar-refractivity contribution in [2.45, 2.75) is 26.8 Å². The molecule has 0 radical (unpaired) electrons. The van der Waals surface area contributed by atoms with Crippen LogP contribution in [0.1, 0.15) is 18.1 Å². The maximum Gasteiger partial charge on any atom is 0.328 e. The molecule has 14 heavy (non-hydrogen) atoms. The molecule has 0 saturated carbocycles. The van der Waals surface area contributed by atoms with Gasteiger partial charge in [0.1, 0.15) is 11.8 Å². The summed E-state index contributed by atoms with van der Waals surface area (Å²) in [6.45, 7) is 5.49. The minimum atomic E-state index is -0.588. The molecule has 1 aromatic carbocycles. The summed E-state index contributed by atoms with van der Waals surface area (Å²) in [5, 5.41) is 0. The average molecular weight is 193 g/mol. The monoisotopic (exact) mass is 193 g/mol. The van der Waals surface area contributed by atoms with Crippen LogP contribution in [0.25, 0.3) is 0 Å². The number of ether oxygens (including phenoxy) is 1. The van der Waals surface area contributed by atoms with Gasteiger partial charge in [0.2, 0.25) is 0 Å². The van der Waals surface area contributed by atoms with Gasteiger partial charge in [-0.15, -0.1) is 0 Å². The number of hydrogen-bond donors (Lipinski definition) is 1. The molecular formula is C11H15NO2. The molecule has 0 aliphatic heterocycles. The van der Waals surface area contributed by atoms with Crippen molar-refractivity contribution in [1.29, 1.82) is 0 Å². The van der Waals surface area contributed by atoms with Gasteiger partial charge in [0.15, 0.2) is 0 Å². The third-order valence-corrected chi connectivity index (χ3v) is 2.14. The molecule has 1 unspecified atom stereocenters. The number of benzene rings is 1. The Balaban J connectivity index is 2.87. The van der Waals surface area contributed by atoms with Crippen LogP contribution in [0.5, 0.6) is 5.75 Å². The summed E-state index contributed by atoms with van der Waals surface area (Å²) in [7, 11) is 0. The van der Waals surface area contributed by atoms with Crippen LogP contribution in [0.4, 0.5) is 0 Å². The lowest BCUT2D eigenvalue weighted by Gasteiger charge is -2.10. The smallest absolute Gasteiger partial charge is 0.328 e. The Bertz CT molecular complexity index is 345. The van der Waals surface area contributed by atoms with Gasteiger partial charge in [-0.1, -0.05) is 12.1 Å². The number of esters is 1. The first-order valence-corrected chi connectivity index (χ1v) is 4.56. The van der Waals surface area contributed by atoms with Gasteiger partial charge >= 0.3 is 5.97 Å². The molecule has 0 bridgehead atoms. The fourth-order valence-corrected chi connectivity index (χ4v) is 1.04. The Labute approximate surface area is 83.9 Å². The summed E-state index contributed by atoms with van der Waals surface area (Å²) in [6, 6.07) is 5.00. The van der Waals surface area contributed by atoms with Crippen molar-refractivity contribution < 1.29 is 9.53 Å². The van der Waals surface area contributed by atoms with Crippen molar-refractivity contribution >= 4 is 5.97 Å². The fourth-order valence-electron chi connectivity index (χ4n) is 1.04. The van der Waals surface area contributed by atoms with Crippen LogP contribution < -0.4 is 10.5 Å². The van der Waals surface area contributed by atoms with Crippen LogP contribution in [-0.4, -0.2) is 12.0 Å². The molecule has 76 valence electrons. The zero-order chi connectivity index (χ0) is 10.7. The van der Waals surface area contributed by atoms with E-state index in [0.717, 1.165) is 11.1 Å². The standard InChI is InChI=1S/C11H15NO2/c1-7-5-4-6-10(8(7)2)14-11(13)9(3)12/h4-6,9H,12H2,1-3H3. The minimum Gasteiger partial charge on any atom is -0.425 e. The molecule has 1 rings (SSSR count). The molecule has 1 aromatic rings. The second-order valence-electron chi connectivity index (χ2n) is 3.41. The third-order valence-electron chi connectivity index (χ3n) is 2.14. The lowest BCUT2D eigenvalue weighted by Crippen LogP contribution is -2.31. The summed E-state index contributed by atoms with van der Waals surface area (Å²) in [6.07, 6.45) is 0. The van der Waals surface area contributed by atoms with E-state index in [1.807, 2.05) is 26.0 Å². The highest BCUT2D eigenvalue weighted by atomic mass is 16.5. The van der Waals surface area contributed by atoms with E-state index in [1.54, 1.807) is 13.0 Å². The van der Waals surface area contributed by atoms with Crippen molar-refractivity contribution in [2.75, 3.05) is 0 Å². The minimum absolute atomic E-state index is 0.404. The highest BCUT2D eigenvalue weighted by Gasteiger charge is 2.11.